The second-order valence-electron chi connectivity index (χ2n) is 3.98. The molecule has 7 nitrogen and oxygen atoms in total. The van der Waals surface area contributed by atoms with E-state index in [-0.39, 0.29) is 5.91 Å². The number of rotatable bonds is 7. The van der Waals surface area contributed by atoms with Crippen LogP contribution in [0.3, 0.4) is 0 Å². The van der Waals surface area contributed by atoms with E-state index in [2.05, 4.69) is 21.0 Å². The van der Waals surface area contributed by atoms with Gasteiger partial charge in [0, 0.05) is 13.0 Å². The van der Waals surface area contributed by atoms with Gasteiger partial charge in [0.15, 0.2) is 0 Å². The van der Waals surface area contributed by atoms with Gasteiger partial charge in [0.05, 0.1) is 6.61 Å². The van der Waals surface area contributed by atoms with Crippen LogP contribution in [0.5, 0.6) is 0 Å². The molecule has 0 unspecified atom stereocenters. The van der Waals surface area contributed by atoms with Crippen molar-refractivity contribution in [2.75, 3.05) is 0 Å². The standard InChI is InChI=1S/C12H15N5O2/c18-12(7-4-8-17-10-13-15-16-17)14-19-9-11-5-2-1-3-6-11/h1-3,5-6,10H,4,7-9H2,(H,14,18). The zero-order chi connectivity index (χ0) is 13.3. The average molecular weight is 261 g/mol. The number of hydrogen-bond donors (Lipinski definition) is 1. The van der Waals surface area contributed by atoms with Crippen LogP contribution in [0, 0.1) is 0 Å². The normalized spacial score (nSPS) is 10.3. The third-order valence-electron chi connectivity index (χ3n) is 2.45. The third-order valence-corrected chi connectivity index (χ3v) is 2.45. The van der Waals surface area contributed by atoms with Crippen LogP contribution in [0.15, 0.2) is 36.7 Å². The van der Waals surface area contributed by atoms with E-state index in [4.69, 9.17) is 4.84 Å². The lowest BCUT2D eigenvalue weighted by Gasteiger charge is -2.05. The first-order chi connectivity index (χ1) is 9.34. The molecule has 0 saturated heterocycles. The maximum Gasteiger partial charge on any atom is 0.243 e. The quantitative estimate of drug-likeness (QED) is 0.742. The van der Waals surface area contributed by atoms with Crippen molar-refractivity contribution in [2.45, 2.75) is 26.0 Å². The number of aromatic nitrogens is 4. The molecule has 0 aliphatic rings. The molecular weight excluding hydrogens is 246 g/mol. The number of nitrogens with one attached hydrogen (secondary N) is 1. The SMILES string of the molecule is O=C(CCCn1cnnn1)NOCc1ccccc1. The van der Waals surface area contributed by atoms with Crippen molar-refractivity contribution in [3.05, 3.63) is 42.2 Å². The van der Waals surface area contributed by atoms with E-state index in [1.807, 2.05) is 30.3 Å². The number of hydroxylamine groups is 1. The first-order valence-electron chi connectivity index (χ1n) is 6.00. The van der Waals surface area contributed by atoms with Gasteiger partial charge in [-0.3, -0.25) is 9.63 Å². The molecule has 0 aliphatic heterocycles. The first kappa shape index (κ1) is 13.2. The van der Waals surface area contributed by atoms with Crippen molar-refractivity contribution in [3.63, 3.8) is 0 Å². The minimum absolute atomic E-state index is 0.149. The number of hydrogen-bond acceptors (Lipinski definition) is 5. The number of aryl methyl sites for hydroxylation is 1. The van der Waals surface area contributed by atoms with Crippen LogP contribution in [0.1, 0.15) is 18.4 Å². The molecule has 19 heavy (non-hydrogen) atoms. The van der Waals surface area contributed by atoms with E-state index in [1.165, 1.54) is 6.33 Å². The highest BCUT2D eigenvalue weighted by atomic mass is 16.6. The monoisotopic (exact) mass is 261 g/mol. The number of benzene rings is 1. The van der Waals surface area contributed by atoms with E-state index in [1.54, 1.807) is 4.68 Å². The predicted octanol–water partition coefficient (Wildman–Crippen LogP) is 0.701. The van der Waals surface area contributed by atoms with Gasteiger partial charge in [0.2, 0.25) is 5.91 Å². The van der Waals surface area contributed by atoms with Gasteiger partial charge in [-0.1, -0.05) is 30.3 Å². The van der Waals surface area contributed by atoms with Gasteiger partial charge in [0.25, 0.3) is 0 Å². The van der Waals surface area contributed by atoms with Crippen LogP contribution in [0.2, 0.25) is 0 Å². The van der Waals surface area contributed by atoms with Crippen LogP contribution in [0.4, 0.5) is 0 Å². The molecule has 0 spiro atoms. The predicted molar refractivity (Wildman–Crippen MR) is 66.4 cm³/mol. The van der Waals surface area contributed by atoms with Crippen LogP contribution in [0.25, 0.3) is 0 Å². The van der Waals surface area contributed by atoms with Crippen molar-refractivity contribution >= 4 is 5.91 Å². The van der Waals surface area contributed by atoms with Crippen molar-refractivity contribution in [3.8, 4) is 0 Å². The molecule has 7 heteroatoms. The molecule has 100 valence electrons. The fraction of sp³-hybridized carbons (Fsp3) is 0.333. The summed E-state index contributed by atoms with van der Waals surface area (Å²) >= 11 is 0. The summed E-state index contributed by atoms with van der Waals surface area (Å²) in [6.07, 6.45) is 2.55. The Morgan fingerprint density at radius 3 is 2.89 bits per heavy atom. The van der Waals surface area contributed by atoms with Crippen LogP contribution < -0.4 is 5.48 Å². The van der Waals surface area contributed by atoms with Gasteiger partial charge in [-0.15, -0.1) is 5.10 Å². The maximum atomic E-state index is 11.5. The molecule has 0 bridgehead atoms. The molecule has 0 fully saturated rings. The number of amides is 1. The van der Waals surface area contributed by atoms with Gasteiger partial charge in [-0.05, 0) is 22.4 Å². The smallest absolute Gasteiger partial charge is 0.243 e. The van der Waals surface area contributed by atoms with Gasteiger partial charge in [0.1, 0.15) is 6.33 Å². The molecule has 1 N–H and O–H groups in total. The Bertz CT molecular complexity index is 486. The van der Waals surface area contributed by atoms with Crippen molar-refractivity contribution < 1.29 is 9.63 Å². The Hall–Kier alpha value is -2.28. The highest BCUT2D eigenvalue weighted by molar-refractivity contribution is 5.74. The van der Waals surface area contributed by atoms with E-state index >= 15 is 0 Å². The molecule has 0 saturated carbocycles. The van der Waals surface area contributed by atoms with Crippen LogP contribution in [-0.4, -0.2) is 26.1 Å². The Kier molecular flexibility index (Phi) is 5.00. The summed E-state index contributed by atoms with van der Waals surface area (Å²) in [4.78, 5) is 16.6. The van der Waals surface area contributed by atoms with E-state index < -0.39 is 0 Å². The topological polar surface area (TPSA) is 81.9 Å². The molecular formula is C12H15N5O2. The minimum Gasteiger partial charge on any atom is -0.273 e. The molecule has 0 aliphatic carbocycles. The van der Waals surface area contributed by atoms with Crippen LogP contribution >= 0.6 is 0 Å². The number of tetrazole rings is 1. The molecule has 2 rings (SSSR count). The highest BCUT2D eigenvalue weighted by Gasteiger charge is 2.02. The second-order valence-corrected chi connectivity index (χ2v) is 3.98. The Balaban J connectivity index is 1.57. The zero-order valence-electron chi connectivity index (χ0n) is 10.4. The molecule has 0 atom stereocenters. The summed E-state index contributed by atoms with van der Waals surface area (Å²) in [5, 5.41) is 10.7. The largest absolute Gasteiger partial charge is 0.273 e. The lowest BCUT2D eigenvalue weighted by molar-refractivity contribution is -0.134. The number of carbonyl (C=O) groups excluding carboxylic acids is 1. The Morgan fingerprint density at radius 2 is 2.16 bits per heavy atom. The fourth-order valence-electron chi connectivity index (χ4n) is 1.51. The molecule has 2 aromatic rings. The first-order valence-corrected chi connectivity index (χ1v) is 6.00. The van der Waals surface area contributed by atoms with Gasteiger partial charge >= 0.3 is 0 Å². The van der Waals surface area contributed by atoms with Crippen molar-refractivity contribution in [1.82, 2.24) is 25.7 Å². The number of nitrogens with zero attached hydrogens (tertiary/aromatic N) is 4. The zero-order valence-corrected chi connectivity index (χ0v) is 10.4. The summed E-state index contributed by atoms with van der Waals surface area (Å²) < 4.78 is 1.58. The van der Waals surface area contributed by atoms with E-state index in [9.17, 15) is 4.79 Å². The summed E-state index contributed by atoms with van der Waals surface area (Å²) in [5.74, 6) is -0.149. The minimum atomic E-state index is -0.149. The van der Waals surface area contributed by atoms with Crippen molar-refractivity contribution in [2.24, 2.45) is 0 Å². The lowest BCUT2D eigenvalue weighted by Crippen LogP contribution is -2.23. The molecule has 0 radical (unpaired) electrons. The Labute approximate surface area is 110 Å². The summed E-state index contributed by atoms with van der Waals surface area (Å²) in [5.41, 5.74) is 3.42. The fourth-order valence-corrected chi connectivity index (χ4v) is 1.51. The summed E-state index contributed by atoms with van der Waals surface area (Å²) in [7, 11) is 0. The van der Waals surface area contributed by atoms with Gasteiger partial charge < -0.3 is 0 Å². The van der Waals surface area contributed by atoms with E-state index in [0.717, 1.165) is 5.56 Å². The van der Waals surface area contributed by atoms with Gasteiger partial charge in [-0.25, -0.2) is 10.2 Å². The average Bonchev–Trinajstić information content (AvgIpc) is 2.93. The van der Waals surface area contributed by atoms with E-state index in [0.29, 0.717) is 26.0 Å². The van der Waals surface area contributed by atoms with Gasteiger partial charge in [-0.2, -0.15) is 0 Å². The lowest BCUT2D eigenvalue weighted by atomic mass is 10.2. The second kappa shape index (κ2) is 7.22. The van der Waals surface area contributed by atoms with Crippen molar-refractivity contribution in [1.29, 1.82) is 0 Å². The summed E-state index contributed by atoms with van der Waals surface area (Å²) in [6.45, 7) is 0.971. The molecule has 1 aromatic heterocycles. The third kappa shape index (κ3) is 4.84. The van der Waals surface area contributed by atoms with Crippen LogP contribution in [-0.2, 0) is 22.8 Å². The maximum absolute atomic E-state index is 11.5. The number of carbonyl (C=O) groups is 1. The Morgan fingerprint density at radius 1 is 1.32 bits per heavy atom. The molecule has 1 heterocycles. The molecule has 1 aromatic carbocycles. The molecule has 1 amide bonds. The highest BCUT2D eigenvalue weighted by Crippen LogP contribution is 1.99. The summed E-state index contributed by atoms with van der Waals surface area (Å²) in [6, 6.07) is 9.65.